The standard InChI is InChI=1S/C26H43N2/c1-3-5-7-9-10-12-17-21-27-22-23-28(24-25-18-14-13-15-19-25)26(27)20-16-11-8-6-4-2/h13-15,18-19,22-23H,3-12,16-17,20-21,24H2,1-2H3/q+1. The zero-order chi connectivity index (χ0) is 19.9. The summed E-state index contributed by atoms with van der Waals surface area (Å²) < 4.78 is 5.02. The van der Waals surface area contributed by atoms with Gasteiger partial charge in [-0.15, -0.1) is 0 Å². The quantitative estimate of drug-likeness (QED) is 0.216. The van der Waals surface area contributed by atoms with E-state index in [-0.39, 0.29) is 0 Å². The second-order valence-electron chi connectivity index (χ2n) is 8.31. The average molecular weight is 384 g/mol. The molecule has 0 fully saturated rings. The summed E-state index contributed by atoms with van der Waals surface area (Å²) in [4.78, 5) is 0. The van der Waals surface area contributed by atoms with E-state index in [1.165, 1.54) is 101 Å². The highest BCUT2D eigenvalue weighted by Gasteiger charge is 2.16. The summed E-state index contributed by atoms with van der Waals surface area (Å²) in [5.41, 5.74) is 1.40. The third-order valence-electron chi connectivity index (χ3n) is 5.79. The van der Waals surface area contributed by atoms with Crippen LogP contribution in [0.4, 0.5) is 0 Å². The fourth-order valence-corrected chi connectivity index (χ4v) is 4.04. The molecule has 0 radical (unpaired) electrons. The summed E-state index contributed by atoms with van der Waals surface area (Å²) in [6.45, 7) is 6.76. The van der Waals surface area contributed by atoms with Gasteiger partial charge in [0.1, 0.15) is 18.9 Å². The Labute approximate surface area is 174 Å². The molecule has 2 nitrogen and oxygen atoms in total. The molecule has 0 aliphatic carbocycles. The number of aromatic nitrogens is 2. The highest BCUT2D eigenvalue weighted by Crippen LogP contribution is 2.11. The molecule has 0 amide bonds. The smallest absolute Gasteiger partial charge is 0.234 e. The van der Waals surface area contributed by atoms with Crippen LogP contribution in [0.3, 0.4) is 0 Å². The normalized spacial score (nSPS) is 11.2. The minimum absolute atomic E-state index is 0.995. The van der Waals surface area contributed by atoms with Gasteiger partial charge in [-0.3, -0.25) is 0 Å². The summed E-state index contributed by atoms with van der Waals surface area (Å²) >= 11 is 0. The molecule has 0 spiro atoms. The molecule has 1 aromatic heterocycles. The largest absolute Gasteiger partial charge is 0.256 e. The van der Waals surface area contributed by atoms with E-state index < -0.39 is 0 Å². The molecule has 0 saturated carbocycles. The summed E-state index contributed by atoms with van der Waals surface area (Å²) in [5, 5.41) is 0. The minimum Gasteiger partial charge on any atom is -0.234 e. The maximum atomic E-state index is 2.54. The van der Waals surface area contributed by atoms with Gasteiger partial charge in [-0.1, -0.05) is 102 Å². The molecule has 0 aliphatic rings. The molecule has 2 heteroatoms. The van der Waals surface area contributed by atoms with Gasteiger partial charge in [-0.2, -0.15) is 0 Å². The van der Waals surface area contributed by atoms with E-state index in [0.717, 1.165) is 6.54 Å². The van der Waals surface area contributed by atoms with Crippen LogP contribution in [0.25, 0.3) is 0 Å². The molecule has 156 valence electrons. The molecular formula is C26H43N2+. The van der Waals surface area contributed by atoms with E-state index in [2.05, 4.69) is 65.7 Å². The number of imidazole rings is 1. The van der Waals surface area contributed by atoms with Crippen LogP contribution in [0.1, 0.15) is 102 Å². The minimum atomic E-state index is 0.995. The van der Waals surface area contributed by atoms with Gasteiger partial charge in [-0.05, 0) is 24.8 Å². The van der Waals surface area contributed by atoms with Crippen molar-refractivity contribution < 1.29 is 4.57 Å². The third kappa shape index (κ3) is 8.63. The lowest BCUT2D eigenvalue weighted by atomic mass is 10.1. The van der Waals surface area contributed by atoms with Crippen LogP contribution in [-0.4, -0.2) is 4.57 Å². The summed E-state index contributed by atoms with van der Waals surface area (Å²) in [6.07, 6.45) is 22.3. The van der Waals surface area contributed by atoms with Gasteiger partial charge in [0.15, 0.2) is 0 Å². The van der Waals surface area contributed by atoms with Crippen LogP contribution >= 0.6 is 0 Å². The lowest BCUT2D eigenvalue weighted by molar-refractivity contribution is -0.704. The lowest BCUT2D eigenvalue weighted by Gasteiger charge is -2.07. The van der Waals surface area contributed by atoms with Crippen molar-refractivity contribution in [3.05, 3.63) is 54.1 Å². The van der Waals surface area contributed by atoms with Gasteiger partial charge in [0, 0.05) is 6.42 Å². The van der Waals surface area contributed by atoms with Crippen LogP contribution in [-0.2, 0) is 19.5 Å². The van der Waals surface area contributed by atoms with Crippen molar-refractivity contribution in [3.8, 4) is 0 Å². The zero-order valence-corrected chi connectivity index (χ0v) is 18.5. The molecule has 28 heavy (non-hydrogen) atoms. The first-order chi connectivity index (χ1) is 13.8. The summed E-state index contributed by atoms with van der Waals surface area (Å²) in [6, 6.07) is 10.9. The molecule has 2 rings (SSSR count). The highest BCUT2D eigenvalue weighted by molar-refractivity contribution is 5.15. The van der Waals surface area contributed by atoms with Crippen LogP contribution in [0, 0.1) is 0 Å². The molecular weight excluding hydrogens is 340 g/mol. The van der Waals surface area contributed by atoms with Crippen molar-refractivity contribution in [1.82, 2.24) is 4.57 Å². The predicted octanol–water partition coefficient (Wildman–Crippen LogP) is 7.09. The van der Waals surface area contributed by atoms with Crippen molar-refractivity contribution in [2.75, 3.05) is 0 Å². The van der Waals surface area contributed by atoms with Gasteiger partial charge < -0.3 is 0 Å². The van der Waals surface area contributed by atoms with Gasteiger partial charge in [0.05, 0.1) is 6.54 Å². The van der Waals surface area contributed by atoms with Crippen molar-refractivity contribution >= 4 is 0 Å². The van der Waals surface area contributed by atoms with E-state index in [1.807, 2.05) is 0 Å². The Morgan fingerprint density at radius 1 is 0.714 bits per heavy atom. The van der Waals surface area contributed by atoms with Gasteiger partial charge >= 0.3 is 0 Å². The number of unbranched alkanes of at least 4 members (excludes halogenated alkanes) is 10. The summed E-state index contributed by atoms with van der Waals surface area (Å²) in [5.74, 6) is 1.52. The predicted molar refractivity (Wildman–Crippen MR) is 121 cm³/mol. The van der Waals surface area contributed by atoms with Gasteiger partial charge in [0.25, 0.3) is 5.82 Å². The fraction of sp³-hybridized carbons (Fsp3) is 0.654. The second kappa shape index (κ2) is 14.4. The Balaban J connectivity index is 1.88. The summed E-state index contributed by atoms with van der Waals surface area (Å²) in [7, 11) is 0. The topological polar surface area (TPSA) is 8.81 Å². The number of rotatable bonds is 16. The number of benzene rings is 1. The van der Waals surface area contributed by atoms with Crippen LogP contribution in [0.15, 0.2) is 42.7 Å². The molecule has 0 bridgehead atoms. The highest BCUT2D eigenvalue weighted by atomic mass is 15.1. The second-order valence-corrected chi connectivity index (χ2v) is 8.31. The van der Waals surface area contributed by atoms with E-state index >= 15 is 0 Å². The molecule has 2 aromatic rings. The molecule has 0 saturated heterocycles. The van der Waals surface area contributed by atoms with Crippen molar-refractivity contribution in [1.29, 1.82) is 0 Å². The zero-order valence-electron chi connectivity index (χ0n) is 18.5. The molecule has 1 aromatic carbocycles. The molecule has 0 unspecified atom stereocenters. The molecule has 1 heterocycles. The van der Waals surface area contributed by atoms with E-state index in [1.54, 1.807) is 0 Å². The van der Waals surface area contributed by atoms with E-state index in [9.17, 15) is 0 Å². The average Bonchev–Trinajstić information content (AvgIpc) is 3.09. The van der Waals surface area contributed by atoms with Gasteiger partial charge in [0.2, 0.25) is 0 Å². The fourth-order valence-electron chi connectivity index (χ4n) is 4.04. The maximum Gasteiger partial charge on any atom is 0.256 e. The number of nitrogens with zero attached hydrogens (tertiary/aromatic N) is 2. The number of aryl methyl sites for hydroxylation is 1. The van der Waals surface area contributed by atoms with Crippen LogP contribution in [0.5, 0.6) is 0 Å². The van der Waals surface area contributed by atoms with E-state index in [0.29, 0.717) is 0 Å². The first kappa shape index (κ1) is 22.7. The van der Waals surface area contributed by atoms with Gasteiger partial charge in [-0.25, -0.2) is 9.13 Å². The molecule has 0 aliphatic heterocycles. The molecule has 0 atom stereocenters. The van der Waals surface area contributed by atoms with Crippen molar-refractivity contribution in [3.63, 3.8) is 0 Å². The Kier molecular flexibility index (Phi) is 11.7. The van der Waals surface area contributed by atoms with Crippen LogP contribution < -0.4 is 4.57 Å². The van der Waals surface area contributed by atoms with Crippen LogP contribution in [0.2, 0.25) is 0 Å². The lowest BCUT2D eigenvalue weighted by Crippen LogP contribution is -2.37. The Morgan fingerprint density at radius 3 is 2.00 bits per heavy atom. The Morgan fingerprint density at radius 2 is 1.32 bits per heavy atom. The van der Waals surface area contributed by atoms with E-state index in [4.69, 9.17) is 0 Å². The van der Waals surface area contributed by atoms with Crippen molar-refractivity contribution in [2.24, 2.45) is 0 Å². The number of hydrogen-bond donors (Lipinski definition) is 0. The maximum absolute atomic E-state index is 2.54. The third-order valence-corrected chi connectivity index (χ3v) is 5.79. The molecule has 0 N–H and O–H groups in total. The Bertz CT molecular complexity index is 615. The first-order valence-electron chi connectivity index (χ1n) is 12.0. The first-order valence-corrected chi connectivity index (χ1v) is 12.0. The Hall–Kier alpha value is -1.57. The van der Waals surface area contributed by atoms with Crippen molar-refractivity contribution in [2.45, 2.75) is 110 Å². The SMILES string of the molecule is CCCCCCCCC[n+]1ccn(Cc2ccccc2)c1CCCCCCC. The monoisotopic (exact) mass is 383 g/mol. The number of hydrogen-bond acceptors (Lipinski definition) is 0.